The number of aromatic nitrogens is 2. The van der Waals surface area contributed by atoms with Crippen LogP contribution in [0.3, 0.4) is 0 Å². The maximum atomic E-state index is 12.7. The summed E-state index contributed by atoms with van der Waals surface area (Å²) >= 11 is 0. The molecule has 170 valence electrons. The highest BCUT2D eigenvalue weighted by Crippen LogP contribution is 2.26. The number of hydrogen-bond donors (Lipinski definition) is 1. The second kappa shape index (κ2) is 10.8. The van der Waals surface area contributed by atoms with E-state index in [2.05, 4.69) is 46.5 Å². The van der Waals surface area contributed by atoms with Crippen molar-refractivity contribution in [3.05, 3.63) is 89.5 Å². The van der Waals surface area contributed by atoms with Gasteiger partial charge in [-0.05, 0) is 60.7 Å². The van der Waals surface area contributed by atoms with Crippen molar-refractivity contribution in [2.75, 3.05) is 25.0 Å². The normalized spacial score (nSPS) is 17.1. The molecule has 1 atom stereocenters. The fourth-order valence-corrected chi connectivity index (χ4v) is 3.93. The van der Waals surface area contributed by atoms with Crippen molar-refractivity contribution < 1.29 is 9.53 Å². The van der Waals surface area contributed by atoms with Crippen LogP contribution in [0.5, 0.6) is 5.75 Å². The van der Waals surface area contributed by atoms with E-state index in [1.807, 2.05) is 48.4 Å². The van der Waals surface area contributed by atoms with E-state index in [1.165, 1.54) is 11.1 Å². The second-order valence-corrected chi connectivity index (χ2v) is 8.47. The third-order valence-electron chi connectivity index (χ3n) is 5.84. The lowest BCUT2D eigenvalue weighted by Gasteiger charge is -2.33. The molecule has 3 aromatic rings. The number of carbonyl (C=O) groups excluding carboxylic acids is 1. The SMILES string of the molecule is Cc1ccc(NC(=O)N2CCC(=Cc3cccc(OCCc4cccnc4)c3)C(C)C2)cn1. The number of aryl methyl sites for hydroxylation is 1. The molecule has 1 saturated heterocycles. The summed E-state index contributed by atoms with van der Waals surface area (Å²) in [5.41, 5.74) is 5.29. The molecule has 4 rings (SSSR count). The summed E-state index contributed by atoms with van der Waals surface area (Å²) in [6.45, 7) is 6.10. The number of rotatable bonds is 6. The summed E-state index contributed by atoms with van der Waals surface area (Å²) in [6.07, 6.45) is 9.26. The monoisotopic (exact) mass is 442 g/mol. The van der Waals surface area contributed by atoms with Crippen LogP contribution >= 0.6 is 0 Å². The second-order valence-electron chi connectivity index (χ2n) is 8.47. The largest absolute Gasteiger partial charge is 0.493 e. The Morgan fingerprint density at radius 3 is 2.88 bits per heavy atom. The number of ether oxygens (including phenoxy) is 1. The summed E-state index contributed by atoms with van der Waals surface area (Å²) in [6, 6.07) is 15.9. The number of amides is 2. The van der Waals surface area contributed by atoms with Crippen LogP contribution in [0.1, 0.15) is 30.2 Å². The first-order valence-electron chi connectivity index (χ1n) is 11.4. The first kappa shape index (κ1) is 22.5. The maximum absolute atomic E-state index is 12.7. The summed E-state index contributed by atoms with van der Waals surface area (Å²) < 4.78 is 5.96. The van der Waals surface area contributed by atoms with E-state index in [1.54, 1.807) is 12.4 Å². The molecule has 0 aliphatic carbocycles. The number of benzene rings is 1. The van der Waals surface area contributed by atoms with Gasteiger partial charge in [0.2, 0.25) is 0 Å². The predicted octanol–water partition coefficient (Wildman–Crippen LogP) is 5.36. The van der Waals surface area contributed by atoms with E-state index >= 15 is 0 Å². The minimum atomic E-state index is -0.0735. The van der Waals surface area contributed by atoms with Crippen molar-refractivity contribution in [1.29, 1.82) is 0 Å². The Kier molecular flexibility index (Phi) is 7.35. The van der Waals surface area contributed by atoms with Gasteiger partial charge in [0.25, 0.3) is 0 Å². The zero-order valence-electron chi connectivity index (χ0n) is 19.2. The Hall–Kier alpha value is -3.67. The number of nitrogens with zero attached hydrogens (tertiary/aromatic N) is 3. The first-order chi connectivity index (χ1) is 16.1. The molecule has 2 amide bonds. The number of carbonyl (C=O) groups is 1. The molecule has 1 N–H and O–H groups in total. The molecular formula is C27H30N4O2. The number of anilines is 1. The third-order valence-corrected chi connectivity index (χ3v) is 5.84. The highest BCUT2D eigenvalue weighted by atomic mass is 16.5. The van der Waals surface area contributed by atoms with Gasteiger partial charge in [-0.1, -0.05) is 36.8 Å². The van der Waals surface area contributed by atoms with Crippen LogP contribution in [0.25, 0.3) is 6.08 Å². The van der Waals surface area contributed by atoms with Gasteiger partial charge >= 0.3 is 6.03 Å². The quantitative estimate of drug-likeness (QED) is 0.558. The van der Waals surface area contributed by atoms with Crippen LogP contribution in [-0.4, -0.2) is 40.6 Å². The van der Waals surface area contributed by atoms with Crippen molar-refractivity contribution in [2.24, 2.45) is 5.92 Å². The molecule has 0 bridgehead atoms. The first-order valence-corrected chi connectivity index (χ1v) is 11.4. The molecule has 2 aromatic heterocycles. The van der Waals surface area contributed by atoms with Gasteiger partial charge in [-0.25, -0.2) is 4.79 Å². The average molecular weight is 443 g/mol. The number of likely N-dealkylation sites (tertiary alicyclic amines) is 1. The topological polar surface area (TPSA) is 67.4 Å². The third kappa shape index (κ3) is 6.42. The lowest BCUT2D eigenvalue weighted by molar-refractivity contribution is 0.198. The highest BCUT2D eigenvalue weighted by molar-refractivity contribution is 5.89. The Balaban J connectivity index is 1.31. The Bertz CT molecular complexity index is 1100. The molecule has 1 aromatic carbocycles. The lowest BCUT2D eigenvalue weighted by atomic mass is 9.91. The van der Waals surface area contributed by atoms with Gasteiger partial charge in [0.05, 0.1) is 18.5 Å². The van der Waals surface area contributed by atoms with Crippen LogP contribution in [0.2, 0.25) is 0 Å². The fraction of sp³-hybridized carbons (Fsp3) is 0.296. The maximum Gasteiger partial charge on any atom is 0.321 e. The van der Waals surface area contributed by atoms with Crippen LogP contribution in [0.15, 0.2) is 72.7 Å². The van der Waals surface area contributed by atoms with Gasteiger partial charge < -0.3 is 15.0 Å². The number of urea groups is 1. The van der Waals surface area contributed by atoms with E-state index in [9.17, 15) is 4.79 Å². The number of piperidine rings is 1. The summed E-state index contributed by atoms with van der Waals surface area (Å²) in [4.78, 5) is 22.9. The minimum Gasteiger partial charge on any atom is -0.493 e. The van der Waals surface area contributed by atoms with E-state index < -0.39 is 0 Å². The zero-order valence-corrected chi connectivity index (χ0v) is 19.2. The molecule has 33 heavy (non-hydrogen) atoms. The molecule has 3 heterocycles. The molecule has 0 radical (unpaired) electrons. The van der Waals surface area contributed by atoms with Crippen molar-refractivity contribution in [1.82, 2.24) is 14.9 Å². The van der Waals surface area contributed by atoms with Gasteiger partial charge in [-0.2, -0.15) is 0 Å². The summed E-state index contributed by atoms with van der Waals surface area (Å²) in [5, 5.41) is 2.95. The summed E-state index contributed by atoms with van der Waals surface area (Å²) in [5.74, 6) is 1.15. The average Bonchev–Trinajstić information content (AvgIpc) is 2.83. The molecule has 6 nitrogen and oxygen atoms in total. The molecule has 1 aliphatic rings. The van der Waals surface area contributed by atoms with Gasteiger partial charge in [0.15, 0.2) is 0 Å². The zero-order chi connectivity index (χ0) is 23.0. The molecular weight excluding hydrogens is 412 g/mol. The van der Waals surface area contributed by atoms with Crippen LogP contribution in [0.4, 0.5) is 10.5 Å². The molecule has 0 spiro atoms. The van der Waals surface area contributed by atoms with Gasteiger partial charge in [-0.3, -0.25) is 9.97 Å². The predicted molar refractivity (Wildman–Crippen MR) is 131 cm³/mol. The van der Waals surface area contributed by atoms with Gasteiger partial charge in [0, 0.05) is 37.6 Å². The van der Waals surface area contributed by atoms with E-state index in [-0.39, 0.29) is 11.9 Å². The lowest BCUT2D eigenvalue weighted by Crippen LogP contribution is -2.42. The van der Waals surface area contributed by atoms with Crippen molar-refractivity contribution in [2.45, 2.75) is 26.7 Å². The minimum absolute atomic E-state index is 0.0735. The summed E-state index contributed by atoms with van der Waals surface area (Å²) in [7, 11) is 0. The fourth-order valence-electron chi connectivity index (χ4n) is 3.93. The highest BCUT2D eigenvalue weighted by Gasteiger charge is 2.24. The van der Waals surface area contributed by atoms with E-state index in [0.717, 1.165) is 35.5 Å². The smallest absolute Gasteiger partial charge is 0.321 e. The Labute approximate surface area is 195 Å². The molecule has 6 heteroatoms. The molecule has 1 unspecified atom stereocenters. The Morgan fingerprint density at radius 2 is 2.12 bits per heavy atom. The van der Waals surface area contributed by atoms with E-state index in [0.29, 0.717) is 19.7 Å². The van der Waals surface area contributed by atoms with Gasteiger partial charge in [-0.15, -0.1) is 0 Å². The standard InChI is InChI=1S/C27H30N4O2/c1-20-19-31(27(32)30-25-9-8-21(2)29-18-25)13-10-24(20)15-23-5-3-7-26(16-23)33-14-11-22-6-4-12-28-17-22/h3-9,12,15-18,20H,10-11,13-14,19H2,1-2H3,(H,30,32). The van der Waals surface area contributed by atoms with Gasteiger partial charge in [0.1, 0.15) is 5.75 Å². The van der Waals surface area contributed by atoms with Crippen molar-refractivity contribution in [3.63, 3.8) is 0 Å². The molecule has 1 aliphatic heterocycles. The molecule has 0 saturated carbocycles. The van der Waals surface area contributed by atoms with Crippen LogP contribution in [-0.2, 0) is 6.42 Å². The van der Waals surface area contributed by atoms with Crippen molar-refractivity contribution in [3.8, 4) is 5.75 Å². The van der Waals surface area contributed by atoms with E-state index in [4.69, 9.17) is 4.74 Å². The van der Waals surface area contributed by atoms with Crippen molar-refractivity contribution >= 4 is 17.8 Å². The number of nitrogens with one attached hydrogen (secondary N) is 1. The van der Waals surface area contributed by atoms with Crippen LogP contribution < -0.4 is 10.1 Å². The van der Waals surface area contributed by atoms with Crippen LogP contribution in [0, 0.1) is 12.8 Å². The number of hydrogen-bond acceptors (Lipinski definition) is 4. The molecule has 1 fully saturated rings. The Morgan fingerprint density at radius 1 is 1.21 bits per heavy atom. The number of pyridine rings is 2.